The average Bonchev–Trinajstić information content (AvgIpc) is 3.54. The number of amides is 4. The predicted octanol–water partition coefficient (Wildman–Crippen LogP) is 3.47. The molecule has 3 fully saturated rings. The van der Waals surface area contributed by atoms with Crippen LogP contribution >= 0.6 is 0 Å². The Hall–Kier alpha value is -3.92. The number of hydrogen-bond donors (Lipinski definition) is 2. The normalized spacial score (nSPS) is 21.5. The van der Waals surface area contributed by atoms with Crippen molar-refractivity contribution in [3.8, 4) is 5.75 Å². The summed E-state index contributed by atoms with van der Waals surface area (Å²) in [6.07, 6.45) is 3.57. The standard InChI is InChI=1S/C34H44N4O6/c1-23(2)20-26(35-31(40)25-12-7-8-14-29(25)44-22-30(39)36-34(3)15-16-34)32(41)37-17-9-13-27(37)33(42)38-18-19-43-21-28(38)24-10-5-4-6-11-24/h4-8,10-12,14,23,26-28H,9,13,15-22H2,1-3H3,(H,35,40)(H,36,39)/t26-,27-,28+/m1/s1. The van der Waals surface area contributed by atoms with Crippen LogP contribution in [0.1, 0.15) is 74.8 Å². The number of benzene rings is 2. The van der Waals surface area contributed by atoms with E-state index in [4.69, 9.17) is 9.47 Å². The van der Waals surface area contributed by atoms with E-state index in [1.807, 2.05) is 56.0 Å². The van der Waals surface area contributed by atoms with Crippen molar-refractivity contribution in [3.63, 3.8) is 0 Å². The molecule has 2 aliphatic heterocycles. The van der Waals surface area contributed by atoms with Crippen LogP contribution < -0.4 is 15.4 Å². The summed E-state index contributed by atoms with van der Waals surface area (Å²) in [6.45, 7) is 7.52. The Morgan fingerprint density at radius 2 is 1.73 bits per heavy atom. The second-order valence-electron chi connectivity index (χ2n) is 12.8. The number of nitrogens with zero attached hydrogens (tertiary/aromatic N) is 2. The highest BCUT2D eigenvalue weighted by Gasteiger charge is 2.42. The lowest BCUT2D eigenvalue weighted by Gasteiger charge is -2.39. The maximum absolute atomic E-state index is 14.1. The molecule has 2 aromatic rings. The number of nitrogens with one attached hydrogen (secondary N) is 2. The Labute approximate surface area is 259 Å². The number of hydrogen-bond acceptors (Lipinski definition) is 6. The summed E-state index contributed by atoms with van der Waals surface area (Å²) < 4.78 is 11.5. The molecule has 1 saturated carbocycles. The van der Waals surface area contributed by atoms with E-state index in [2.05, 4.69) is 10.6 Å². The van der Waals surface area contributed by atoms with Crippen LogP contribution in [0.25, 0.3) is 0 Å². The predicted molar refractivity (Wildman–Crippen MR) is 165 cm³/mol. The van der Waals surface area contributed by atoms with Gasteiger partial charge in [-0.25, -0.2) is 0 Å². The molecule has 44 heavy (non-hydrogen) atoms. The first-order valence-corrected chi connectivity index (χ1v) is 15.7. The van der Waals surface area contributed by atoms with Gasteiger partial charge in [-0.05, 0) is 62.6 Å². The summed E-state index contributed by atoms with van der Waals surface area (Å²) in [5, 5.41) is 5.88. The second kappa shape index (κ2) is 13.8. The minimum atomic E-state index is -0.823. The van der Waals surface area contributed by atoms with E-state index in [0.717, 1.165) is 18.4 Å². The molecule has 5 rings (SSSR count). The lowest BCUT2D eigenvalue weighted by Crippen LogP contribution is -2.56. The third kappa shape index (κ3) is 7.59. The molecule has 0 bridgehead atoms. The van der Waals surface area contributed by atoms with E-state index in [9.17, 15) is 19.2 Å². The first kappa shape index (κ1) is 31.5. The fourth-order valence-electron chi connectivity index (χ4n) is 6.04. The number of para-hydroxylation sites is 1. The van der Waals surface area contributed by atoms with Gasteiger partial charge < -0.3 is 29.9 Å². The summed E-state index contributed by atoms with van der Waals surface area (Å²) >= 11 is 0. The Morgan fingerprint density at radius 3 is 2.45 bits per heavy atom. The summed E-state index contributed by atoms with van der Waals surface area (Å²) in [6, 6.07) is 14.9. The van der Waals surface area contributed by atoms with Gasteiger partial charge in [0.1, 0.15) is 17.8 Å². The zero-order valence-electron chi connectivity index (χ0n) is 25.9. The molecule has 3 atom stereocenters. The van der Waals surface area contributed by atoms with Gasteiger partial charge in [0.25, 0.3) is 11.8 Å². The van der Waals surface area contributed by atoms with Crippen molar-refractivity contribution in [2.45, 2.75) is 76.5 Å². The van der Waals surface area contributed by atoms with Gasteiger partial charge in [-0.3, -0.25) is 19.2 Å². The minimum absolute atomic E-state index is 0.0836. The number of ether oxygens (including phenoxy) is 2. The molecule has 0 aromatic heterocycles. The first-order valence-electron chi connectivity index (χ1n) is 15.7. The average molecular weight is 605 g/mol. The van der Waals surface area contributed by atoms with Crippen molar-refractivity contribution < 1.29 is 28.7 Å². The third-order valence-electron chi connectivity index (χ3n) is 8.66. The van der Waals surface area contributed by atoms with Crippen LogP contribution in [0.5, 0.6) is 5.75 Å². The van der Waals surface area contributed by atoms with Crippen molar-refractivity contribution in [1.82, 2.24) is 20.4 Å². The van der Waals surface area contributed by atoms with Gasteiger partial charge in [-0.15, -0.1) is 0 Å². The lowest BCUT2D eigenvalue weighted by molar-refractivity contribution is -0.150. The van der Waals surface area contributed by atoms with Crippen LogP contribution in [0.3, 0.4) is 0 Å². The van der Waals surface area contributed by atoms with E-state index in [0.29, 0.717) is 45.6 Å². The molecule has 2 heterocycles. The van der Waals surface area contributed by atoms with Gasteiger partial charge in [0.15, 0.2) is 6.61 Å². The SMILES string of the molecule is CC(C)C[C@@H](NC(=O)c1ccccc1OCC(=O)NC1(C)CC1)C(=O)N1CCC[C@@H]1C(=O)N1CCOC[C@H]1c1ccccc1. The van der Waals surface area contributed by atoms with Crippen molar-refractivity contribution in [3.05, 3.63) is 65.7 Å². The zero-order chi connectivity index (χ0) is 31.3. The quantitative estimate of drug-likeness (QED) is 0.406. The number of carbonyl (C=O) groups excluding carboxylic acids is 4. The monoisotopic (exact) mass is 604 g/mol. The molecule has 0 spiro atoms. The van der Waals surface area contributed by atoms with E-state index in [1.54, 1.807) is 29.2 Å². The highest BCUT2D eigenvalue weighted by molar-refractivity contribution is 6.00. The van der Waals surface area contributed by atoms with Crippen LogP contribution in [-0.2, 0) is 19.1 Å². The van der Waals surface area contributed by atoms with E-state index in [1.165, 1.54) is 0 Å². The van der Waals surface area contributed by atoms with Gasteiger partial charge in [0, 0.05) is 18.6 Å². The fraction of sp³-hybridized carbons (Fsp3) is 0.529. The Balaban J connectivity index is 1.28. The highest BCUT2D eigenvalue weighted by atomic mass is 16.5. The Bertz CT molecular complexity index is 1340. The van der Waals surface area contributed by atoms with Gasteiger partial charge in [0.2, 0.25) is 11.8 Å². The maximum Gasteiger partial charge on any atom is 0.258 e. The fourth-order valence-corrected chi connectivity index (χ4v) is 6.04. The van der Waals surface area contributed by atoms with Crippen LogP contribution in [0.2, 0.25) is 0 Å². The number of carbonyl (C=O) groups is 4. The Kier molecular flexibility index (Phi) is 9.88. The van der Waals surface area contributed by atoms with Crippen LogP contribution in [-0.4, -0.2) is 84.0 Å². The molecule has 0 radical (unpaired) electrons. The molecule has 3 aliphatic rings. The van der Waals surface area contributed by atoms with Gasteiger partial charge >= 0.3 is 0 Å². The Morgan fingerprint density at radius 1 is 1.00 bits per heavy atom. The van der Waals surface area contributed by atoms with Crippen molar-refractivity contribution in [2.75, 3.05) is 32.9 Å². The van der Waals surface area contributed by atoms with E-state index in [-0.39, 0.29) is 53.1 Å². The number of morpholine rings is 1. The first-order chi connectivity index (χ1) is 21.1. The molecule has 236 valence electrons. The molecule has 1 aliphatic carbocycles. The molecule has 2 aromatic carbocycles. The topological polar surface area (TPSA) is 117 Å². The van der Waals surface area contributed by atoms with Crippen molar-refractivity contribution >= 4 is 23.6 Å². The molecule has 2 N–H and O–H groups in total. The van der Waals surface area contributed by atoms with Crippen LogP contribution in [0, 0.1) is 5.92 Å². The molecule has 4 amide bonds. The van der Waals surface area contributed by atoms with Crippen LogP contribution in [0.15, 0.2) is 54.6 Å². The molecule has 10 heteroatoms. The molecule has 10 nitrogen and oxygen atoms in total. The maximum atomic E-state index is 14.1. The van der Waals surface area contributed by atoms with Gasteiger partial charge in [-0.2, -0.15) is 0 Å². The largest absolute Gasteiger partial charge is 0.483 e. The molecular formula is C34H44N4O6. The lowest BCUT2D eigenvalue weighted by atomic mass is 10.0. The molecule has 2 saturated heterocycles. The summed E-state index contributed by atoms with van der Waals surface area (Å²) in [5.74, 6) is -0.671. The van der Waals surface area contributed by atoms with Gasteiger partial charge in [0.05, 0.1) is 24.8 Å². The smallest absolute Gasteiger partial charge is 0.258 e. The number of rotatable bonds is 11. The van der Waals surface area contributed by atoms with Gasteiger partial charge in [-0.1, -0.05) is 56.3 Å². The molecule has 0 unspecified atom stereocenters. The van der Waals surface area contributed by atoms with E-state index < -0.39 is 18.0 Å². The van der Waals surface area contributed by atoms with Crippen molar-refractivity contribution in [2.24, 2.45) is 5.92 Å². The number of likely N-dealkylation sites (tertiary alicyclic amines) is 1. The zero-order valence-corrected chi connectivity index (χ0v) is 25.9. The summed E-state index contributed by atoms with van der Waals surface area (Å²) in [7, 11) is 0. The highest BCUT2D eigenvalue weighted by Crippen LogP contribution is 2.34. The second-order valence-corrected chi connectivity index (χ2v) is 12.8. The summed E-state index contributed by atoms with van der Waals surface area (Å²) in [5.41, 5.74) is 1.08. The van der Waals surface area contributed by atoms with Crippen LogP contribution in [0.4, 0.5) is 0 Å². The minimum Gasteiger partial charge on any atom is -0.483 e. The van der Waals surface area contributed by atoms with E-state index >= 15 is 0 Å². The van der Waals surface area contributed by atoms with Crippen molar-refractivity contribution in [1.29, 1.82) is 0 Å². The third-order valence-corrected chi connectivity index (χ3v) is 8.66. The summed E-state index contributed by atoms with van der Waals surface area (Å²) in [4.78, 5) is 57.5. The molecular weight excluding hydrogens is 560 g/mol.